The third-order valence-corrected chi connectivity index (χ3v) is 5.99. The van der Waals surface area contributed by atoms with Gasteiger partial charge in [0.25, 0.3) is 10.2 Å². The smallest absolute Gasteiger partial charge is 0.340 e. The van der Waals surface area contributed by atoms with Gasteiger partial charge in [-0.1, -0.05) is 23.7 Å². The van der Waals surface area contributed by atoms with Crippen LogP contribution in [0.15, 0.2) is 45.6 Å². The fourth-order valence-electron chi connectivity index (χ4n) is 3.13. The fraction of sp³-hybridized carbons (Fsp3) is 0.250. The standard InChI is InChI=1S/C20H21ClFN3O4S/c1-23-30(27,28)24-17-6-4-5-12(19(17)21)9-15-16(11-25(2)3)14-10-13(22)7-8-18(14)29-20(15)26/h4-8,10,23-24H,9,11H2,1-3H3. The van der Waals surface area contributed by atoms with Crippen LogP contribution >= 0.6 is 11.6 Å². The van der Waals surface area contributed by atoms with Crippen LogP contribution in [0.25, 0.3) is 11.0 Å². The molecule has 1 aromatic heterocycles. The second kappa shape index (κ2) is 8.73. The van der Waals surface area contributed by atoms with Crippen LogP contribution in [0.1, 0.15) is 16.7 Å². The molecule has 0 aliphatic carbocycles. The molecule has 3 rings (SSSR count). The highest BCUT2D eigenvalue weighted by Gasteiger charge is 2.19. The second-order valence-corrected chi connectivity index (χ2v) is 8.99. The Balaban J connectivity index is 2.14. The lowest BCUT2D eigenvalue weighted by molar-refractivity contribution is 0.400. The van der Waals surface area contributed by atoms with E-state index in [9.17, 15) is 17.6 Å². The predicted molar refractivity (Wildman–Crippen MR) is 116 cm³/mol. The van der Waals surface area contributed by atoms with E-state index in [2.05, 4.69) is 9.44 Å². The van der Waals surface area contributed by atoms with E-state index >= 15 is 0 Å². The van der Waals surface area contributed by atoms with Crippen LogP contribution in [-0.2, 0) is 23.2 Å². The maximum Gasteiger partial charge on any atom is 0.340 e. The van der Waals surface area contributed by atoms with Gasteiger partial charge in [-0.2, -0.15) is 8.42 Å². The fourth-order valence-corrected chi connectivity index (χ4v) is 3.99. The highest BCUT2D eigenvalue weighted by atomic mass is 35.5. The lowest BCUT2D eigenvalue weighted by Crippen LogP contribution is -2.26. The normalized spacial score (nSPS) is 11.9. The number of benzene rings is 2. The van der Waals surface area contributed by atoms with Crippen LogP contribution in [0.4, 0.5) is 10.1 Å². The molecule has 0 unspecified atom stereocenters. The van der Waals surface area contributed by atoms with Gasteiger partial charge in [-0.25, -0.2) is 13.9 Å². The summed E-state index contributed by atoms with van der Waals surface area (Å²) in [7, 11) is 1.18. The van der Waals surface area contributed by atoms with Gasteiger partial charge in [-0.15, -0.1) is 0 Å². The van der Waals surface area contributed by atoms with Gasteiger partial charge in [-0.05, 0) is 49.5 Å². The van der Waals surface area contributed by atoms with E-state index in [1.165, 1.54) is 31.3 Å². The van der Waals surface area contributed by atoms with E-state index in [1.54, 1.807) is 12.1 Å². The quantitative estimate of drug-likeness (QED) is 0.536. The number of nitrogens with zero attached hydrogens (tertiary/aromatic N) is 1. The van der Waals surface area contributed by atoms with Gasteiger partial charge in [0.1, 0.15) is 11.4 Å². The van der Waals surface area contributed by atoms with Crippen molar-refractivity contribution in [2.75, 3.05) is 25.9 Å². The van der Waals surface area contributed by atoms with Crippen LogP contribution in [0.2, 0.25) is 5.02 Å². The molecular weight excluding hydrogens is 433 g/mol. The first-order valence-corrected chi connectivity index (χ1v) is 10.8. The van der Waals surface area contributed by atoms with Crippen molar-refractivity contribution < 1.29 is 17.2 Å². The molecule has 0 aliphatic rings. The van der Waals surface area contributed by atoms with Gasteiger partial charge >= 0.3 is 5.63 Å². The molecule has 0 bridgehead atoms. The van der Waals surface area contributed by atoms with Crippen LogP contribution < -0.4 is 15.1 Å². The summed E-state index contributed by atoms with van der Waals surface area (Å²) < 4.78 is 47.4. The van der Waals surface area contributed by atoms with Crippen molar-refractivity contribution in [1.82, 2.24) is 9.62 Å². The molecule has 0 atom stereocenters. The first-order valence-electron chi connectivity index (χ1n) is 8.99. The van der Waals surface area contributed by atoms with Crippen molar-refractivity contribution >= 4 is 38.5 Å². The van der Waals surface area contributed by atoms with Crippen molar-refractivity contribution in [1.29, 1.82) is 0 Å². The van der Waals surface area contributed by atoms with Gasteiger partial charge in [0.05, 0.1) is 10.7 Å². The Bertz CT molecular complexity index is 1260. The SMILES string of the molecule is CNS(=O)(=O)Nc1cccc(Cc2c(CN(C)C)c3cc(F)ccc3oc2=O)c1Cl. The molecular formula is C20H21ClFN3O4S. The molecule has 0 radical (unpaired) electrons. The topological polar surface area (TPSA) is 91.7 Å². The Labute approximate surface area is 178 Å². The molecule has 7 nitrogen and oxygen atoms in total. The summed E-state index contributed by atoms with van der Waals surface area (Å²) in [6, 6.07) is 8.82. The molecule has 3 aromatic rings. The van der Waals surface area contributed by atoms with Crippen LogP contribution in [0.3, 0.4) is 0 Å². The van der Waals surface area contributed by atoms with Crippen molar-refractivity contribution in [3.05, 3.63) is 74.3 Å². The first kappa shape index (κ1) is 22.2. The Kier molecular flexibility index (Phi) is 6.47. The molecule has 0 saturated heterocycles. The summed E-state index contributed by atoms with van der Waals surface area (Å²) in [6.07, 6.45) is 0.0892. The molecule has 0 aliphatic heterocycles. The van der Waals surface area contributed by atoms with Gasteiger partial charge in [0, 0.05) is 31.0 Å². The number of nitrogens with one attached hydrogen (secondary N) is 2. The molecule has 160 valence electrons. The number of hydrogen-bond donors (Lipinski definition) is 2. The van der Waals surface area contributed by atoms with Crippen LogP contribution in [0.5, 0.6) is 0 Å². The number of hydrogen-bond acceptors (Lipinski definition) is 5. The highest BCUT2D eigenvalue weighted by Crippen LogP contribution is 2.30. The monoisotopic (exact) mass is 453 g/mol. The largest absolute Gasteiger partial charge is 0.422 e. The van der Waals surface area contributed by atoms with E-state index in [-0.39, 0.29) is 17.1 Å². The minimum Gasteiger partial charge on any atom is -0.422 e. The average molecular weight is 454 g/mol. The van der Waals surface area contributed by atoms with E-state index in [0.717, 1.165) is 0 Å². The molecule has 2 N–H and O–H groups in total. The number of rotatable bonds is 7. The summed E-state index contributed by atoms with van der Waals surface area (Å²) in [6.45, 7) is 0.380. The van der Waals surface area contributed by atoms with Crippen molar-refractivity contribution in [3.63, 3.8) is 0 Å². The third-order valence-electron chi connectivity index (χ3n) is 4.51. The first-order chi connectivity index (χ1) is 14.1. The van der Waals surface area contributed by atoms with Gasteiger partial charge in [0.2, 0.25) is 0 Å². The van der Waals surface area contributed by atoms with E-state index < -0.39 is 21.7 Å². The molecule has 2 aromatic carbocycles. The third kappa shape index (κ3) is 4.81. The summed E-state index contributed by atoms with van der Waals surface area (Å²) in [4.78, 5) is 14.6. The Morgan fingerprint density at radius 2 is 1.90 bits per heavy atom. The molecule has 0 fully saturated rings. The van der Waals surface area contributed by atoms with Gasteiger partial charge < -0.3 is 9.32 Å². The minimum atomic E-state index is -3.76. The Morgan fingerprint density at radius 1 is 1.17 bits per heavy atom. The van der Waals surface area contributed by atoms with Gasteiger partial charge in [-0.3, -0.25) is 4.72 Å². The van der Waals surface area contributed by atoms with Gasteiger partial charge in [0.15, 0.2) is 0 Å². The lowest BCUT2D eigenvalue weighted by Gasteiger charge is -2.17. The predicted octanol–water partition coefficient (Wildman–Crippen LogP) is 3.11. The average Bonchev–Trinajstić information content (AvgIpc) is 2.67. The molecule has 1 heterocycles. The lowest BCUT2D eigenvalue weighted by atomic mass is 9.98. The van der Waals surface area contributed by atoms with Crippen molar-refractivity contribution in [2.45, 2.75) is 13.0 Å². The van der Waals surface area contributed by atoms with Crippen molar-refractivity contribution in [3.8, 4) is 0 Å². The van der Waals surface area contributed by atoms with Crippen LogP contribution in [-0.4, -0.2) is 34.5 Å². The zero-order valence-corrected chi connectivity index (χ0v) is 18.2. The zero-order valence-electron chi connectivity index (χ0n) is 16.6. The number of fused-ring (bicyclic) bond motifs is 1. The van der Waals surface area contributed by atoms with Crippen LogP contribution in [0, 0.1) is 5.82 Å². The maximum atomic E-state index is 13.9. The maximum absolute atomic E-state index is 13.9. The van der Waals surface area contributed by atoms with Crippen molar-refractivity contribution in [2.24, 2.45) is 0 Å². The number of anilines is 1. The number of halogens is 2. The molecule has 30 heavy (non-hydrogen) atoms. The molecule has 0 saturated carbocycles. The van der Waals surface area contributed by atoms with E-state index in [1.807, 2.05) is 19.0 Å². The highest BCUT2D eigenvalue weighted by molar-refractivity contribution is 7.90. The van der Waals surface area contributed by atoms with E-state index in [4.69, 9.17) is 16.0 Å². The molecule has 10 heteroatoms. The Morgan fingerprint density at radius 3 is 2.57 bits per heavy atom. The summed E-state index contributed by atoms with van der Waals surface area (Å²) in [5, 5.41) is 0.660. The second-order valence-electron chi connectivity index (χ2n) is 6.99. The molecule has 0 spiro atoms. The summed E-state index contributed by atoms with van der Waals surface area (Å²) in [5.41, 5.74) is 1.40. The Hall–Kier alpha value is -2.46. The summed E-state index contributed by atoms with van der Waals surface area (Å²) in [5.74, 6) is -0.441. The zero-order chi connectivity index (χ0) is 22.1. The summed E-state index contributed by atoms with van der Waals surface area (Å²) >= 11 is 6.42. The minimum absolute atomic E-state index is 0.0892. The molecule has 0 amide bonds. The van der Waals surface area contributed by atoms with E-state index in [0.29, 0.717) is 34.2 Å².